The largest absolute Gasteiger partial charge is 0.480 e. The van der Waals surface area contributed by atoms with E-state index in [2.05, 4.69) is 5.32 Å². The molecule has 0 aliphatic carbocycles. The highest BCUT2D eigenvalue weighted by Crippen LogP contribution is 2.26. The fraction of sp³-hybridized carbons (Fsp3) is 0.471. The quantitative estimate of drug-likeness (QED) is 0.822. The second-order valence-electron chi connectivity index (χ2n) is 6.09. The molecule has 0 aromatic heterocycles. The van der Waals surface area contributed by atoms with Crippen molar-refractivity contribution in [1.29, 1.82) is 0 Å². The number of rotatable bonds is 6. The van der Waals surface area contributed by atoms with E-state index in [0.717, 1.165) is 0 Å². The van der Waals surface area contributed by atoms with E-state index in [1.165, 1.54) is 4.90 Å². The van der Waals surface area contributed by atoms with Crippen molar-refractivity contribution in [3.05, 3.63) is 29.3 Å². The predicted octanol–water partition coefficient (Wildman–Crippen LogP) is 2.31. The molecule has 0 bridgehead atoms. The first-order valence-electron chi connectivity index (χ1n) is 7.92. The Labute approximate surface area is 145 Å². The lowest BCUT2D eigenvalue weighted by atomic mass is 9.98. The first-order valence-corrected chi connectivity index (χ1v) is 8.30. The van der Waals surface area contributed by atoms with Crippen molar-refractivity contribution in [2.75, 3.05) is 11.4 Å². The third-order valence-corrected chi connectivity index (χ3v) is 4.66. The number of hydrogen-bond donors (Lipinski definition) is 2. The van der Waals surface area contributed by atoms with Crippen molar-refractivity contribution < 1.29 is 19.5 Å². The minimum Gasteiger partial charge on any atom is -0.480 e. The number of hydrogen-bond acceptors (Lipinski definition) is 3. The normalized spacial score (nSPS) is 19.9. The molecule has 0 radical (unpaired) electrons. The average Bonchev–Trinajstić information content (AvgIpc) is 2.94. The van der Waals surface area contributed by atoms with Crippen LogP contribution in [0.4, 0.5) is 5.69 Å². The molecular weight excluding hydrogens is 332 g/mol. The lowest BCUT2D eigenvalue weighted by Gasteiger charge is -2.22. The molecule has 24 heavy (non-hydrogen) atoms. The molecule has 3 unspecified atom stereocenters. The summed E-state index contributed by atoms with van der Waals surface area (Å²) in [5.74, 6) is -2.35. The topological polar surface area (TPSA) is 86.7 Å². The highest BCUT2D eigenvalue weighted by atomic mass is 35.5. The number of aliphatic carboxylic acids is 1. The van der Waals surface area contributed by atoms with Gasteiger partial charge in [0.05, 0.1) is 5.92 Å². The molecule has 1 aliphatic heterocycles. The smallest absolute Gasteiger partial charge is 0.326 e. The van der Waals surface area contributed by atoms with E-state index in [1.54, 1.807) is 31.2 Å². The lowest BCUT2D eigenvalue weighted by Crippen LogP contribution is -2.47. The van der Waals surface area contributed by atoms with E-state index in [4.69, 9.17) is 11.6 Å². The van der Waals surface area contributed by atoms with Crippen LogP contribution in [0.15, 0.2) is 24.3 Å². The Kier molecular flexibility index (Phi) is 5.83. The third kappa shape index (κ3) is 4.06. The third-order valence-electron chi connectivity index (χ3n) is 4.41. The van der Waals surface area contributed by atoms with Crippen molar-refractivity contribution in [2.24, 2.45) is 11.8 Å². The van der Waals surface area contributed by atoms with Crippen LogP contribution < -0.4 is 10.2 Å². The van der Waals surface area contributed by atoms with Crippen LogP contribution >= 0.6 is 11.6 Å². The number of carbonyl (C=O) groups is 3. The van der Waals surface area contributed by atoms with Gasteiger partial charge in [-0.05, 0) is 30.2 Å². The minimum absolute atomic E-state index is 0.0707. The van der Waals surface area contributed by atoms with Crippen LogP contribution in [0.3, 0.4) is 0 Å². The molecule has 1 aromatic rings. The van der Waals surface area contributed by atoms with E-state index in [1.807, 2.05) is 6.92 Å². The molecule has 130 valence electrons. The van der Waals surface area contributed by atoms with Gasteiger partial charge in [-0.15, -0.1) is 0 Å². The molecule has 2 amide bonds. The Hall–Kier alpha value is -2.08. The van der Waals surface area contributed by atoms with E-state index >= 15 is 0 Å². The summed E-state index contributed by atoms with van der Waals surface area (Å²) in [6.07, 6.45) is 0.707. The summed E-state index contributed by atoms with van der Waals surface area (Å²) in [5.41, 5.74) is 0.677. The van der Waals surface area contributed by atoms with Gasteiger partial charge in [0.25, 0.3) is 0 Å². The predicted molar refractivity (Wildman–Crippen MR) is 90.9 cm³/mol. The highest BCUT2D eigenvalue weighted by molar-refractivity contribution is 6.30. The second kappa shape index (κ2) is 7.66. The van der Waals surface area contributed by atoms with E-state index < -0.39 is 23.8 Å². The van der Waals surface area contributed by atoms with Gasteiger partial charge in [-0.3, -0.25) is 9.59 Å². The summed E-state index contributed by atoms with van der Waals surface area (Å²) in [6.45, 7) is 3.88. The van der Waals surface area contributed by atoms with Crippen molar-refractivity contribution in [3.63, 3.8) is 0 Å². The van der Waals surface area contributed by atoms with Crippen molar-refractivity contribution >= 4 is 35.1 Å². The van der Waals surface area contributed by atoms with Gasteiger partial charge < -0.3 is 15.3 Å². The van der Waals surface area contributed by atoms with Crippen LogP contribution in [0.5, 0.6) is 0 Å². The number of carboxylic acid groups (broad SMARTS) is 1. The standard InChI is InChI=1S/C17H21ClN2O4/c1-3-10(2)15(17(23)24)19-16(22)11-8-14(21)20(9-11)13-6-4-12(18)5-7-13/h4-7,10-11,15H,3,8-9H2,1-2H3,(H,19,22)(H,23,24). The monoisotopic (exact) mass is 352 g/mol. The van der Waals surface area contributed by atoms with E-state index in [0.29, 0.717) is 17.1 Å². The number of nitrogens with zero attached hydrogens (tertiary/aromatic N) is 1. The SMILES string of the molecule is CCC(C)C(NC(=O)C1CC(=O)N(c2ccc(Cl)cc2)C1)C(=O)O. The fourth-order valence-electron chi connectivity index (χ4n) is 2.71. The Morgan fingerprint density at radius 1 is 1.38 bits per heavy atom. The molecule has 2 rings (SSSR count). The molecule has 0 spiro atoms. The Morgan fingerprint density at radius 2 is 2.00 bits per heavy atom. The zero-order valence-electron chi connectivity index (χ0n) is 13.7. The van der Waals surface area contributed by atoms with Crippen molar-refractivity contribution in [2.45, 2.75) is 32.7 Å². The maximum atomic E-state index is 12.4. The summed E-state index contributed by atoms with van der Waals surface area (Å²) in [6, 6.07) is 5.86. The number of carboxylic acids is 1. The van der Waals surface area contributed by atoms with Gasteiger partial charge in [0.1, 0.15) is 6.04 Å². The maximum absolute atomic E-state index is 12.4. The van der Waals surface area contributed by atoms with Gasteiger partial charge in [0.15, 0.2) is 0 Å². The van der Waals surface area contributed by atoms with Crippen LogP contribution in [0.25, 0.3) is 0 Å². The summed E-state index contributed by atoms with van der Waals surface area (Å²) in [7, 11) is 0. The lowest BCUT2D eigenvalue weighted by molar-refractivity contribution is -0.143. The van der Waals surface area contributed by atoms with Gasteiger partial charge in [-0.25, -0.2) is 4.79 Å². The van der Waals surface area contributed by atoms with Crippen LogP contribution in [-0.4, -0.2) is 35.5 Å². The highest BCUT2D eigenvalue weighted by Gasteiger charge is 2.37. The van der Waals surface area contributed by atoms with Crippen LogP contribution in [0.1, 0.15) is 26.7 Å². The van der Waals surface area contributed by atoms with Crippen LogP contribution in [0, 0.1) is 11.8 Å². The second-order valence-corrected chi connectivity index (χ2v) is 6.53. The van der Waals surface area contributed by atoms with Gasteiger partial charge in [0, 0.05) is 23.7 Å². The fourth-order valence-corrected chi connectivity index (χ4v) is 2.83. The van der Waals surface area contributed by atoms with Crippen molar-refractivity contribution in [1.82, 2.24) is 5.32 Å². The molecule has 1 fully saturated rings. The molecule has 7 heteroatoms. The van der Waals surface area contributed by atoms with Gasteiger partial charge >= 0.3 is 5.97 Å². The van der Waals surface area contributed by atoms with Gasteiger partial charge in [0.2, 0.25) is 11.8 Å². The zero-order chi connectivity index (χ0) is 17.9. The molecule has 1 heterocycles. The first kappa shape index (κ1) is 18.3. The average molecular weight is 353 g/mol. The number of carbonyl (C=O) groups excluding carboxylic acids is 2. The molecule has 1 aromatic carbocycles. The summed E-state index contributed by atoms with van der Waals surface area (Å²) in [4.78, 5) is 37.4. The van der Waals surface area contributed by atoms with Crippen molar-refractivity contribution in [3.8, 4) is 0 Å². The van der Waals surface area contributed by atoms with Gasteiger partial charge in [-0.2, -0.15) is 0 Å². The summed E-state index contributed by atoms with van der Waals surface area (Å²) in [5, 5.41) is 12.4. The molecule has 1 saturated heterocycles. The summed E-state index contributed by atoms with van der Waals surface area (Å²) >= 11 is 5.84. The Bertz CT molecular complexity index is 632. The molecule has 3 atom stereocenters. The molecule has 2 N–H and O–H groups in total. The first-order chi connectivity index (χ1) is 11.3. The van der Waals surface area contributed by atoms with Crippen LogP contribution in [0.2, 0.25) is 5.02 Å². The van der Waals surface area contributed by atoms with E-state index in [-0.39, 0.29) is 24.8 Å². The minimum atomic E-state index is -1.06. The van der Waals surface area contributed by atoms with Gasteiger partial charge in [-0.1, -0.05) is 31.9 Å². The number of anilines is 1. The molecule has 0 saturated carbocycles. The maximum Gasteiger partial charge on any atom is 0.326 e. The molecule has 6 nitrogen and oxygen atoms in total. The zero-order valence-corrected chi connectivity index (χ0v) is 14.4. The Balaban J connectivity index is 2.05. The number of nitrogens with one attached hydrogen (secondary N) is 1. The number of halogens is 1. The Morgan fingerprint density at radius 3 is 2.54 bits per heavy atom. The van der Waals surface area contributed by atoms with Crippen LogP contribution in [-0.2, 0) is 14.4 Å². The molecule has 1 aliphatic rings. The number of benzene rings is 1. The number of amides is 2. The molecular formula is C17H21ClN2O4. The van der Waals surface area contributed by atoms with E-state index in [9.17, 15) is 19.5 Å². The summed E-state index contributed by atoms with van der Waals surface area (Å²) < 4.78 is 0.